The molecule has 0 spiro atoms. The molecule has 2 rings (SSSR count). The third-order valence-electron chi connectivity index (χ3n) is 2.39. The predicted molar refractivity (Wildman–Crippen MR) is 64.7 cm³/mol. The van der Waals surface area contributed by atoms with E-state index in [1.165, 1.54) is 0 Å². The van der Waals surface area contributed by atoms with E-state index in [4.69, 9.17) is 0 Å². The lowest BCUT2D eigenvalue weighted by atomic mass is 10.0. The summed E-state index contributed by atoms with van der Waals surface area (Å²) in [7, 11) is 0. The second kappa shape index (κ2) is 3.79. The molecule has 0 N–H and O–H groups in total. The van der Waals surface area contributed by atoms with Gasteiger partial charge >= 0.3 is 4.45 Å². The molecule has 0 aliphatic carbocycles. The molecule has 16 heavy (non-hydrogen) atoms. The van der Waals surface area contributed by atoms with Crippen LogP contribution in [0.25, 0.3) is 0 Å². The molecule has 82 valence electrons. The first-order valence-corrected chi connectivity index (χ1v) is 5.38. The molecule has 1 aromatic carbocycles. The lowest BCUT2D eigenvalue weighted by Gasteiger charge is -2.15. The van der Waals surface area contributed by atoms with Crippen LogP contribution in [0.4, 0.5) is 0 Å². The molecule has 1 unspecified atom stereocenters. The third-order valence-corrected chi connectivity index (χ3v) is 3.63. The lowest BCUT2D eigenvalue weighted by molar-refractivity contribution is -0.494. The molecule has 6 heteroatoms. The fraction of sp³-hybridized carbons (Fsp3) is 0.200. The highest BCUT2D eigenvalue weighted by atomic mass is 79.9. The van der Waals surface area contributed by atoms with Crippen LogP contribution in [0.1, 0.15) is 12.5 Å². The fourth-order valence-electron chi connectivity index (χ4n) is 1.49. The van der Waals surface area contributed by atoms with Crippen LogP contribution in [0.15, 0.2) is 40.5 Å². The molecule has 1 aliphatic rings. The molecule has 1 aliphatic heterocycles. The van der Waals surface area contributed by atoms with Crippen LogP contribution in [-0.2, 0) is 0 Å². The monoisotopic (exact) mass is 281 g/mol. The summed E-state index contributed by atoms with van der Waals surface area (Å²) in [6.07, 6.45) is 0. The van der Waals surface area contributed by atoms with E-state index in [9.17, 15) is 10.1 Å². The van der Waals surface area contributed by atoms with Crippen molar-refractivity contribution in [3.05, 3.63) is 46.0 Å². The van der Waals surface area contributed by atoms with Gasteiger partial charge in [0, 0.05) is 21.5 Å². The van der Waals surface area contributed by atoms with Crippen LogP contribution in [-0.4, -0.2) is 20.8 Å². The highest BCUT2D eigenvalue weighted by Gasteiger charge is 2.52. The highest BCUT2D eigenvalue weighted by Crippen LogP contribution is 2.31. The van der Waals surface area contributed by atoms with Gasteiger partial charge in [-0.25, -0.2) is 0 Å². The molecular formula is C10H8BrN3O2. The van der Waals surface area contributed by atoms with E-state index in [-0.39, 0.29) is 0 Å². The zero-order chi connectivity index (χ0) is 11.8. The number of alkyl halides is 1. The Morgan fingerprint density at radius 1 is 1.31 bits per heavy atom. The van der Waals surface area contributed by atoms with Crippen LogP contribution in [0, 0.1) is 10.1 Å². The molecule has 1 aromatic rings. The summed E-state index contributed by atoms with van der Waals surface area (Å²) >= 11 is 3.12. The third kappa shape index (κ3) is 1.46. The predicted octanol–water partition coefficient (Wildman–Crippen LogP) is 2.23. The second-order valence-electron chi connectivity index (χ2n) is 3.38. The highest BCUT2D eigenvalue weighted by molar-refractivity contribution is 9.10. The quantitative estimate of drug-likeness (QED) is 0.361. The SMILES string of the molecule is CC1=NN=C(c2ccccc2)C1(Br)[N+](=O)[O-]. The topological polar surface area (TPSA) is 67.9 Å². The number of nitro groups is 1. The van der Waals surface area contributed by atoms with Crippen LogP contribution in [0.2, 0.25) is 0 Å². The molecule has 0 saturated carbocycles. The molecular weight excluding hydrogens is 274 g/mol. The van der Waals surface area contributed by atoms with Gasteiger partial charge in [-0.05, 0) is 6.92 Å². The van der Waals surface area contributed by atoms with Crippen molar-refractivity contribution in [2.75, 3.05) is 0 Å². The fourth-order valence-corrected chi connectivity index (χ4v) is 1.88. The van der Waals surface area contributed by atoms with E-state index in [2.05, 4.69) is 26.1 Å². The Balaban J connectivity index is 2.50. The van der Waals surface area contributed by atoms with Gasteiger partial charge in [0.2, 0.25) is 0 Å². The molecule has 0 amide bonds. The maximum atomic E-state index is 11.1. The molecule has 0 radical (unpaired) electrons. The smallest absolute Gasteiger partial charge is 0.262 e. The normalized spacial score (nSPS) is 23.9. The Kier molecular flexibility index (Phi) is 2.59. The van der Waals surface area contributed by atoms with Crippen molar-refractivity contribution >= 4 is 27.4 Å². The number of nitrogens with zero attached hydrogens (tertiary/aromatic N) is 3. The van der Waals surface area contributed by atoms with Gasteiger partial charge in [0.1, 0.15) is 5.71 Å². The van der Waals surface area contributed by atoms with E-state index in [1.807, 2.05) is 6.07 Å². The molecule has 5 nitrogen and oxygen atoms in total. The van der Waals surface area contributed by atoms with E-state index in [0.29, 0.717) is 17.0 Å². The van der Waals surface area contributed by atoms with Crippen LogP contribution in [0.3, 0.4) is 0 Å². The zero-order valence-electron chi connectivity index (χ0n) is 8.42. The minimum absolute atomic E-state index is 0.315. The Labute approximate surface area is 100 Å². The Morgan fingerprint density at radius 3 is 2.50 bits per heavy atom. The van der Waals surface area contributed by atoms with Crippen LogP contribution < -0.4 is 0 Å². The number of hydrogen-bond donors (Lipinski definition) is 0. The van der Waals surface area contributed by atoms with Crippen molar-refractivity contribution in [1.29, 1.82) is 0 Å². The molecule has 1 atom stereocenters. The minimum Gasteiger partial charge on any atom is -0.262 e. The average Bonchev–Trinajstić information content (AvgIpc) is 2.58. The lowest BCUT2D eigenvalue weighted by Crippen LogP contribution is -2.44. The minimum atomic E-state index is -1.49. The Hall–Kier alpha value is -1.56. The van der Waals surface area contributed by atoms with E-state index >= 15 is 0 Å². The van der Waals surface area contributed by atoms with Crippen molar-refractivity contribution in [2.24, 2.45) is 10.2 Å². The molecule has 1 heterocycles. The second-order valence-corrected chi connectivity index (χ2v) is 4.53. The number of hydrogen-bond acceptors (Lipinski definition) is 4. The average molecular weight is 282 g/mol. The summed E-state index contributed by atoms with van der Waals surface area (Å²) in [6, 6.07) is 8.99. The molecule has 0 bridgehead atoms. The first-order valence-electron chi connectivity index (χ1n) is 4.59. The summed E-state index contributed by atoms with van der Waals surface area (Å²) in [6.45, 7) is 1.58. The van der Waals surface area contributed by atoms with Gasteiger partial charge in [0.05, 0.1) is 4.92 Å². The Bertz CT molecular complexity index is 498. The maximum Gasteiger partial charge on any atom is 0.357 e. The summed E-state index contributed by atoms with van der Waals surface area (Å²) in [5, 5.41) is 18.8. The first kappa shape index (κ1) is 10.9. The standard InChI is InChI=1S/C10H8BrN3O2/c1-7-10(11,14(15)16)9(13-12-7)8-5-3-2-4-6-8/h2-6H,1H3. The zero-order valence-corrected chi connectivity index (χ0v) is 10.0. The van der Waals surface area contributed by atoms with Gasteiger partial charge in [0.15, 0.2) is 5.71 Å². The van der Waals surface area contributed by atoms with Crippen LogP contribution in [0.5, 0.6) is 0 Å². The molecule has 0 fully saturated rings. The van der Waals surface area contributed by atoms with Crippen molar-refractivity contribution in [1.82, 2.24) is 0 Å². The summed E-state index contributed by atoms with van der Waals surface area (Å²) in [5.41, 5.74) is 1.34. The van der Waals surface area contributed by atoms with E-state index < -0.39 is 9.37 Å². The number of rotatable bonds is 2. The summed E-state index contributed by atoms with van der Waals surface area (Å²) < 4.78 is -1.49. The van der Waals surface area contributed by atoms with Gasteiger partial charge in [-0.2, -0.15) is 5.10 Å². The summed E-state index contributed by atoms with van der Waals surface area (Å²) in [4.78, 5) is 10.7. The van der Waals surface area contributed by atoms with E-state index in [0.717, 1.165) is 0 Å². The van der Waals surface area contributed by atoms with Gasteiger partial charge < -0.3 is 0 Å². The van der Waals surface area contributed by atoms with Gasteiger partial charge in [-0.15, -0.1) is 5.10 Å². The van der Waals surface area contributed by atoms with Gasteiger partial charge in [-0.3, -0.25) is 10.1 Å². The maximum absolute atomic E-state index is 11.1. The number of halogens is 1. The largest absolute Gasteiger partial charge is 0.357 e. The Morgan fingerprint density at radius 2 is 1.94 bits per heavy atom. The number of benzene rings is 1. The summed E-state index contributed by atoms with van der Waals surface area (Å²) in [5.74, 6) is 0. The van der Waals surface area contributed by atoms with Crippen molar-refractivity contribution < 1.29 is 4.92 Å². The van der Waals surface area contributed by atoms with Gasteiger partial charge in [0.25, 0.3) is 0 Å². The van der Waals surface area contributed by atoms with E-state index in [1.54, 1.807) is 31.2 Å². The van der Waals surface area contributed by atoms with Gasteiger partial charge in [-0.1, -0.05) is 30.3 Å². The first-order chi connectivity index (χ1) is 7.56. The molecule has 0 saturated heterocycles. The van der Waals surface area contributed by atoms with Crippen molar-refractivity contribution in [2.45, 2.75) is 11.4 Å². The van der Waals surface area contributed by atoms with Crippen molar-refractivity contribution in [3.63, 3.8) is 0 Å². The van der Waals surface area contributed by atoms with Crippen molar-refractivity contribution in [3.8, 4) is 0 Å². The molecule has 0 aromatic heterocycles. The van der Waals surface area contributed by atoms with Crippen LogP contribution >= 0.6 is 15.9 Å².